The van der Waals surface area contributed by atoms with E-state index in [0.29, 0.717) is 5.56 Å². The van der Waals surface area contributed by atoms with Crippen LogP contribution in [0, 0.1) is 20.8 Å². The molecule has 4 heteroatoms. The van der Waals surface area contributed by atoms with Gasteiger partial charge in [0.25, 0.3) is 5.91 Å². The van der Waals surface area contributed by atoms with Crippen molar-refractivity contribution >= 4 is 12.1 Å². The lowest BCUT2D eigenvalue weighted by Gasteiger charge is -2.08. The van der Waals surface area contributed by atoms with Crippen molar-refractivity contribution < 1.29 is 4.79 Å². The molecule has 0 fully saturated rings. The van der Waals surface area contributed by atoms with Crippen molar-refractivity contribution in [3.63, 3.8) is 0 Å². The largest absolute Gasteiger partial charge is 0.318 e. The van der Waals surface area contributed by atoms with Gasteiger partial charge in [-0.2, -0.15) is 5.10 Å². The van der Waals surface area contributed by atoms with E-state index in [1.165, 1.54) is 0 Å². The van der Waals surface area contributed by atoms with Crippen LogP contribution in [0.1, 0.15) is 32.9 Å². The molecule has 0 saturated carbocycles. The van der Waals surface area contributed by atoms with Crippen LogP contribution in [-0.4, -0.2) is 16.7 Å². The molecule has 4 nitrogen and oxygen atoms in total. The SMILES string of the molecule is Cc1ccc(C(=O)N/N=C\c2cc(C)n(-c3ccccc3)c2C)cc1. The molecule has 0 aliphatic heterocycles. The molecule has 0 atom stereocenters. The van der Waals surface area contributed by atoms with Gasteiger partial charge >= 0.3 is 0 Å². The monoisotopic (exact) mass is 331 g/mol. The highest BCUT2D eigenvalue weighted by Crippen LogP contribution is 2.19. The normalized spacial score (nSPS) is 11.0. The highest BCUT2D eigenvalue weighted by Gasteiger charge is 2.09. The van der Waals surface area contributed by atoms with Crippen molar-refractivity contribution in [2.75, 3.05) is 0 Å². The lowest BCUT2D eigenvalue weighted by atomic mass is 10.1. The summed E-state index contributed by atoms with van der Waals surface area (Å²) in [5.74, 6) is -0.215. The quantitative estimate of drug-likeness (QED) is 0.566. The Hall–Kier alpha value is -3.14. The topological polar surface area (TPSA) is 46.4 Å². The standard InChI is InChI=1S/C21H21N3O/c1-15-9-11-18(12-10-15)21(25)23-22-14-19-13-16(2)24(17(19)3)20-7-5-4-6-8-20/h4-14H,1-3H3,(H,23,25)/b22-14-. The maximum absolute atomic E-state index is 12.1. The minimum atomic E-state index is -0.215. The molecule has 0 unspecified atom stereocenters. The summed E-state index contributed by atoms with van der Waals surface area (Å²) in [6.07, 6.45) is 1.69. The fourth-order valence-electron chi connectivity index (χ4n) is 2.82. The van der Waals surface area contributed by atoms with Crippen LogP contribution in [0.15, 0.2) is 65.8 Å². The Morgan fingerprint density at radius 1 is 1.00 bits per heavy atom. The zero-order valence-corrected chi connectivity index (χ0v) is 14.7. The van der Waals surface area contributed by atoms with Gasteiger partial charge in [0.05, 0.1) is 6.21 Å². The Labute approximate surface area is 147 Å². The van der Waals surface area contributed by atoms with Gasteiger partial charge in [-0.25, -0.2) is 5.43 Å². The number of aromatic nitrogens is 1. The first-order valence-electron chi connectivity index (χ1n) is 8.20. The molecular formula is C21H21N3O. The number of carbonyl (C=O) groups excluding carboxylic acids is 1. The molecule has 0 saturated heterocycles. The Balaban J connectivity index is 1.76. The molecule has 1 heterocycles. The third-order valence-electron chi connectivity index (χ3n) is 4.17. The summed E-state index contributed by atoms with van der Waals surface area (Å²) in [5, 5.41) is 4.11. The Bertz CT molecular complexity index is 906. The Kier molecular flexibility index (Phi) is 4.80. The van der Waals surface area contributed by atoms with Crippen LogP contribution in [0.4, 0.5) is 0 Å². The Morgan fingerprint density at radius 3 is 2.36 bits per heavy atom. The number of aryl methyl sites for hydroxylation is 2. The van der Waals surface area contributed by atoms with Gasteiger partial charge in [0.2, 0.25) is 0 Å². The van der Waals surface area contributed by atoms with Crippen LogP contribution < -0.4 is 5.43 Å². The number of carbonyl (C=O) groups is 1. The third kappa shape index (κ3) is 3.69. The van der Waals surface area contributed by atoms with Crippen LogP contribution in [-0.2, 0) is 0 Å². The molecule has 0 spiro atoms. The Morgan fingerprint density at radius 2 is 1.68 bits per heavy atom. The van der Waals surface area contributed by atoms with E-state index in [1.807, 2.05) is 44.2 Å². The highest BCUT2D eigenvalue weighted by molar-refractivity contribution is 5.95. The van der Waals surface area contributed by atoms with Gasteiger partial charge in [0, 0.05) is 28.2 Å². The number of hydrazone groups is 1. The van der Waals surface area contributed by atoms with Crippen molar-refractivity contribution in [3.05, 3.63) is 88.7 Å². The number of rotatable bonds is 4. The minimum absolute atomic E-state index is 0.215. The van der Waals surface area contributed by atoms with Crippen LogP contribution in [0.25, 0.3) is 5.69 Å². The van der Waals surface area contributed by atoms with E-state index in [0.717, 1.165) is 28.2 Å². The second kappa shape index (κ2) is 7.18. The molecule has 3 rings (SSSR count). The maximum Gasteiger partial charge on any atom is 0.271 e. The van der Waals surface area contributed by atoms with Crippen LogP contribution >= 0.6 is 0 Å². The zero-order chi connectivity index (χ0) is 17.8. The number of nitrogens with one attached hydrogen (secondary N) is 1. The van der Waals surface area contributed by atoms with Crippen molar-refractivity contribution in [1.29, 1.82) is 0 Å². The molecule has 0 bridgehead atoms. The van der Waals surface area contributed by atoms with E-state index < -0.39 is 0 Å². The highest BCUT2D eigenvalue weighted by atomic mass is 16.2. The molecule has 0 aliphatic rings. The second-order valence-corrected chi connectivity index (χ2v) is 6.06. The number of hydrogen-bond donors (Lipinski definition) is 1. The minimum Gasteiger partial charge on any atom is -0.318 e. The number of hydrogen-bond acceptors (Lipinski definition) is 2. The summed E-state index contributed by atoms with van der Waals surface area (Å²) in [6.45, 7) is 6.09. The number of amides is 1. The first kappa shape index (κ1) is 16.7. The third-order valence-corrected chi connectivity index (χ3v) is 4.17. The summed E-state index contributed by atoms with van der Waals surface area (Å²) in [6, 6.07) is 19.6. The smallest absolute Gasteiger partial charge is 0.271 e. The van der Waals surface area contributed by atoms with E-state index in [1.54, 1.807) is 18.3 Å². The molecule has 2 aromatic carbocycles. The zero-order valence-electron chi connectivity index (χ0n) is 14.7. The van der Waals surface area contributed by atoms with E-state index in [-0.39, 0.29) is 5.91 Å². The average molecular weight is 331 g/mol. The van der Waals surface area contributed by atoms with Gasteiger partial charge < -0.3 is 4.57 Å². The van der Waals surface area contributed by atoms with E-state index >= 15 is 0 Å². The lowest BCUT2D eigenvalue weighted by molar-refractivity contribution is 0.0955. The first-order valence-corrected chi connectivity index (χ1v) is 8.20. The number of benzene rings is 2. The molecule has 1 amide bonds. The van der Waals surface area contributed by atoms with Gasteiger partial charge in [-0.1, -0.05) is 35.9 Å². The predicted octanol–water partition coefficient (Wildman–Crippen LogP) is 4.17. The van der Waals surface area contributed by atoms with E-state index in [4.69, 9.17) is 0 Å². The fourth-order valence-corrected chi connectivity index (χ4v) is 2.82. The van der Waals surface area contributed by atoms with Crippen LogP contribution in [0.3, 0.4) is 0 Å². The van der Waals surface area contributed by atoms with Gasteiger partial charge in [0.1, 0.15) is 0 Å². The summed E-state index contributed by atoms with van der Waals surface area (Å²) >= 11 is 0. The molecular weight excluding hydrogens is 310 g/mol. The van der Waals surface area contributed by atoms with Gasteiger partial charge in [-0.3, -0.25) is 4.79 Å². The van der Waals surface area contributed by atoms with Gasteiger partial charge in [-0.05, 0) is 51.1 Å². The molecule has 0 radical (unpaired) electrons. The molecule has 1 aromatic heterocycles. The van der Waals surface area contributed by atoms with Crippen molar-refractivity contribution in [2.45, 2.75) is 20.8 Å². The molecule has 3 aromatic rings. The van der Waals surface area contributed by atoms with Crippen molar-refractivity contribution in [2.24, 2.45) is 5.10 Å². The van der Waals surface area contributed by atoms with Crippen molar-refractivity contribution in [1.82, 2.24) is 9.99 Å². The van der Waals surface area contributed by atoms with Crippen molar-refractivity contribution in [3.8, 4) is 5.69 Å². The molecule has 126 valence electrons. The summed E-state index contributed by atoms with van der Waals surface area (Å²) in [7, 11) is 0. The summed E-state index contributed by atoms with van der Waals surface area (Å²) in [4.78, 5) is 12.1. The fraction of sp³-hybridized carbons (Fsp3) is 0.143. The molecule has 0 aliphatic carbocycles. The van der Waals surface area contributed by atoms with E-state index in [2.05, 4.69) is 40.2 Å². The van der Waals surface area contributed by atoms with E-state index in [9.17, 15) is 4.79 Å². The first-order chi connectivity index (χ1) is 12.1. The average Bonchev–Trinajstić information content (AvgIpc) is 2.90. The lowest BCUT2D eigenvalue weighted by Crippen LogP contribution is -2.17. The molecule has 1 N–H and O–H groups in total. The molecule has 25 heavy (non-hydrogen) atoms. The van der Waals surface area contributed by atoms with Crippen LogP contribution in [0.5, 0.6) is 0 Å². The number of para-hydroxylation sites is 1. The number of nitrogens with zero attached hydrogens (tertiary/aromatic N) is 2. The summed E-state index contributed by atoms with van der Waals surface area (Å²) < 4.78 is 2.17. The summed E-state index contributed by atoms with van der Waals surface area (Å²) in [5.41, 5.74) is 8.59. The van der Waals surface area contributed by atoms with Gasteiger partial charge in [0.15, 0.2) is 0 Å². The predicted molar refractivity (Wildman–Crippen MR) is 101 cm³/mol. The van der Waals surface area contributed by atoms with Gasteiger partial charge in [-0.15, -0.1) is 0 Å². The maximum atomic E-state index is 12.1. The second-order valence-electron chi connectivity index (χ2n) is 6.06. The van der Waals surface area contributed by atoms with Crippen LogP contribution in [0.2, 0.25) is 0 Å².